The first-order valence-corrected chi connectivity index (χ1v) is 6.66. The molecule has 2 rings (SSSR count). The Balaban J connectivity index is 2.43. The second-order valence-electron chi connectivity index (χ2n) is 3.15. The molecule has 0 unspecified atom stereocenters. The van der Waals surface area contributed by atoms with Gasteiger partial charge in [0.25, 0.3) is 0 Å². The zero-order valence-electron chi connectivity index (χ0n) is 8.74. The Morgan fingerprint density at radius 1 is 1.53 bits per heavy atom. The molecule has 6 heteroatoms. The van der Waals surface area contributed by atoms with Crippen molar-refractivity contribution in [2.24, 2.45) is 0 Å². The van der Waals surface area contributed by atoms with E-state index in [4.69, 9.17) is 11.6 Å². The lowest BCUT2D eigenvalue weighted by Crippen LogP contribution is -2.00. The van der Waals surface area contributed by atoms with Gasteiger partial charge in [-0.3, -0.25) is 0 Å². The van der Waals surface area contributed by atoms with E-state index in [1.165, 1.54) is 18.4 Å². The van der Waals surface area contributed by atoms with Crippen molar-refractivity contribution >= 4 is 44.8 Å². The van der Waals surface area contributed by atoms with Crippen LogP contribution in [0.1, 0.15) is 10.5 Å². The Kier molecular flexibility index (Phi) is 3.81. The van der Waals surface area contributed by atoms with E-state index < -0.39 is 5.97 Å². The number of carbonyl (C=O) groups excluding carboxylic acids is 1. The molecule has 0 radical (unpaired) electrons. The maximum Gasteiger partial charge on any atom is 0.357 e. The number of carbonyl (C=O) groups is 1. The Bertz CT molecular complexity index is 570. The number of hydrogen-bond acceptors (Lipinski definition) is 4. The van der Waals surface area contributed by atoms with Gasteiger partial charge in [-0.15, -0.1) is 11.3 Å². The number of ether oxygens (including phenoxy) is 1. The summed E-state index contributed by atoms with van der Waals surface area (Å²) in [4.78, 5) is 15.5. The number of hydrogen-bond donors (Lipinski definition) is 0. The van der Waals surface area contributed by atoms with Gasteiger partial charge in [0.2, 0.25) is 0 Å². The van der Waals surface area contributed by atoms with Crippen LogP contribution in [0, 0.1) is 0 Å². The van der Waals surface area contributed by atoms with Gasteiger partial charge < -0.3 is 4.74 Å². The number of thiazole rings is 1. The quantitative estimate of drug-likeness (QED) is 0.780. The van der Waals surface area contributed by atoms with Crippen molar-refractivity contribution in [3.05, 3.63) is 38.8 Å². The molecule has 0 atom stereocenters. The third-order valence-electron chi connectivity index (χ3n) is 2.06. The number of methoxy groups -OCH3 is 1. The van der Waals surface area contributed by atoms with E-state index in [0.29, 0.717) is 10.7 Å². The summed E-state index contributed by atoms with van der Waals surface area (Å²) in [7, 11) is 1.33. The summed E-state index contributed by atoms with van der Waals surface area (Å²) in [6.07, 6.45) is 0. The van der Waals surface area contributed by atoms with Crippen molar-refractivity contribution in [1.29, 1.82) is 0 Å². The normalized spacial score (nSPS) is 10.3. The number of halogens is 2. The van der Waals surface area contributed by atoms with E-state index in [9.17, 15) is 4.79 Å². The predicted molar refractivity (Wildman–Crippen MR) is 71.6 cm³/mol. The molecule has 0 saturated heterocycles. The van der Waals surface area contributed by atoms with Crippen LogP contribution in [0.5, 0.6) is 0 Å². The van der Waals surface area contributed by atoms with Gasteiger partial charge in [-0.1, -0.05) is 27.5 Å². The number of nitrogens with zero attached hydrogens (tertiary/aromatic N) is 1. The third-order valence-corrected chi connectivity index (χ3v) is 3.86. The Morgan fingerprint density at radius 3 is 3.00 bits per heavy atom. The summed E-state index contributed by atoms with van der Waals surface area (Å²) in [6, 6.07) is 5.42. The minimum atomic E-state index is -0.439. The van der Waals surface area contributed by atoms with Gasteiger partial charge in [0.1, 0.15) is 5.01 Å². The van der Waals surface area contributed by atoms with Gasteiger partial charge in [-0.25, -0.2) is 9.78 Å². The lowest BCUT2D eigenvalue weighted by molar-refractivity contribution is 0.0595. The van der Waals surface area contributed by atoms with Crippen LogP contribution < -0.4 is 0 Å². The van der Waals surface area contributed by atoms with Gasteiger partial charge in [0.15, 0.2) is 5.69 Å². The molecular formula is C11H7BrClNO2S. The van der Waals surface area contributed by atoms with E-state index in [0.717, 1.165) is 15.0 Å². The average Bonchev–Trinajstić information content (AvgIpc) is 2.80. The van der Waals surface area contributed by atoms with E-state index in [1.807, 2.05) is 6.07 Å². The second-order valence-corrected chi connectivity index (χ2v) is 5.30. The minimum Gasteiger partial charge on any atom is -0.464 e. The van der Waals surface area contributed by atoms with Crippen LogP contribution in [0.4, 0.5) is 0 Å². The second kappa shape index (κ2) is 5.16. The number of esters is 1. The number of aromatic nitrogens is 1. The molecule has 0 bridgehead atoms. The number of benzene rings is 1. The molecule has 0 aliphatic carbocycles. The van der Waals surface area contributed by atoms with Crippen LogP contribution in [0.25, 0.3) is 10.6 Å². The van der Waals surface area contributed by atoms with Crippen LogP contribution in [0.3, 0.4) is 0 Å². The van der Waals surface area contributed by atoms with Crippen LogP contribution in [-0.2, 0) is 4.74 Å². The van der Waals surface area contributed by atoms with Crippen molar-refractivity contribution in [3.8, 4) is 10.6 Å². The number of rotatable bonds is 2. The molecule has 88 valence electrons. The van der Waals surface area contributed by atoms with Gasteiger partial charge in [-0.05, 0) is 18.2 Å². The molecule has 0 fully saturated rings. The van der Waals surface area contributed by atoms with Crippen molar-refractivity contribution < 1.29 is 9.53 Å². The maximum atomic E-state index is 11.3. The van der Waals surface area contributed by atoms with E-state index in [2.05, 4.69) is 25.7 Å². The molecule has 0 N–H and O–H groups in total. The standard InChI is InChI=1S/C11H7BrClNO2S/c1-16-11(15)9-5-17-10(14-9)7-4-6(13)2-3-8(7)12/h2-5H,1H3. The van der Waals surface area contributed by atoms with Crippen LogP contribution in [-0.4, -0.2) is 18.1 Å². The highest BCUT2D eigenvalue weighted by Crippen LogP contribution is 2.32. The van der Waals surface area contributed by atoms with Crippen LogP contribution >= 0.6 is 38.9 Å². The molecule has 0 aliphatic heterocycles. The third kappa shape index (κ3) is 2.68. The maximum absolute atomic E-state index is 11.3. The summed E-state index contributed by atoms with van der Waals surface area (Å²) >= 11 is 10.7. The van der Waals surface area contributed by atoms with Gasteiger partial charge in [0.05, 0.1) is 7.11 Å². The van der Waals surface area contributed by atoms with E-state index in [-0.39, 0.29) is 0 Å². The van der Waals surface area contributed by atoms with Crippen molar-refractivity contribution in [2.75, 3.05) is 7.11 Å². The molecule has 3 nitrogen and oxygen atoms in total. The molecule has 0 spiro atoms. The molecule has 0 saturated carbocycles. The first-order valence-electron chi connectivity index (χ1n) is 4.61. The zero-order valence-corrected chi connectivity index (χ0v) is 11.9. The highest BCUT2D eigenvalue weighted by atomic mass is 79.9. The van der Waals surface area contributed by atoms with E-state index >= 15 is 0 Å². The molecule has 1 heterocycles. The topological polar surface area (TPSA) is 39.2 Å². The Labute approximate surface area is 116 Å². The van der Waals surface area contributed by atoms with Crippen molar-refractivity contribution in [2.45, 2.75) is 0 Å². The summed E-state index contributed by atoms with van der Waals surface area (Å²) in [5.74, 6) is -0.439. The smallest absolute Gasteiger partial charge is 0.357 e. The predicted octanol–water partition coefficient (Wildman–Crippen LogP) is 4.01. The lowest BCUT2D eigenvalue weighted by Gasteiger charge is -2.00. The fourth-order valence-corrected chi connectivity index (χ4v) is 2.81. The summed E-state index contributed by atoms with van der Waals surface area (Å²) in [5.41, 5.74) is 1.16. The monoisotopic (exact) mass is 331 g/mol. The van der Waals surface area contributed by atoms with Gasteiger partial charge >= 0.3 is 5.97 Å². The molecule has 2 aromatic rings. The van der Waals surface area contributed by atoms with Gasteiger partial charge in [0, 0.05) is 20.4 Å². The minimum absolute atomic E-state index is 0.305. The lowest BCUT2D eigenvalue weighted by atomic mass is 10.2. The van der Waals surface area contributed by atoms with Crippen molar-refractivity contribution in [3.63, 3.8) is 0 Å². The van der Waals surface area contributed by atoms with Gasteiger partial charge in [-0.2, -0.15) is 0 Å². The highest BCUT2D eigenvalue weighted by molar-refractivity contribution is 9.10. The Morgan fingerprint density at radius 2 is 2.29 bits per heavy atom. The molecule has 0 aliphatic rings. The highest BCUT2D eigenvalue weighted by Gasteiger charge is 2.13. The molecule has 1 aromatic carbocycles. The first kappa shape index (κ1) is 12.5. The fraction of sp³-hybridized carbons (Fsp3) is 0.0909. The molecule has 17 heavy (non-hydrogen) atoms. The summed E-state index contributed by atoms with van der Waals surface area (Å²) < 4.78 is 5.49. The first-order chi connectivity index (χ1) is 8.11. The molecular weight excluding hydrogens is 326 g/mol. The molecule has 1 aromatic heterocycles. The van der Waals surface area contributed by atoms with Crippen LogP contribution in [0.2, 0.25) is 5.02 Å². The molecule has 0 amide bonds. The SMILES string of the molecule is COC(=O)c1csc(-c2cc(Cl)ccc2Br)n1. The van der Waals surface area contributed by atoms with Crippen LogP contribution in [0.15, 0.2) is 28.1 Å². The Hall–Kier alpha value is -0.910. The van der Waals surface area contributed by atoms with E-state index in [1.54, 1.807) is 17.5 Å². The largest absolute Gasteiger partial charge is 0.464 e. The fourth-order valence-electron chi connectivity index (χ4n) is 1.26. The summed E-state index contributed by atoms with van der Waals surface area (Å²) in [6.45, 7) is 0. The summed E-state index contributed by atoms with van der Waals surface area (Å²) in [5, 5.41) is 3.01. The zero-order chi connectivity index (χ0) is 12.4. The average molecular weight is 333 g/mol. The van der Waals surface area contributed by atoms with Crippen molar-refractivity contribution in [1.82, 2.24) is 4.98 Å².